The monoisotopic (exact) mass is 515 g/mol. The number of hydrogen-bond acceptors (Lipinski definition) is 2. The molecule has 1 N–H and O–H groups in total. The molecule has 1 spiro atoms. The number of aryl methyl sites for hydroxylation is 1. The van der Waals surface area contributed by atoms with Crippen LogP contribution in [0.1, 0.15) is 40.7 Å². The lowest BCUT2D eigenvalue weighted by Crippen LogP contribution is -2.45. The maximum atomic E-state index is 14.4. The summed E-state index contributed by atoms with van der Waals surface area (Å²) in [7, 11) is 0. The van der Waals surface area contributed by atoms with Gasteiger partial charge in [-0.2, -0.15) is 13.2 Å². The summed E-state index contributed by atoms with van der Waals surface area (Å²) >= 11 is 5.93. The molecule has 2 aromatic rings. The number of urea groups is 1. The van der Waals surface area contributed by atoms with Crippen LogP contribution in [0.4, 0.5) is 32.4 Å². The number of likely N-dealkylation sites (tertiary alicyclic amines) is 2. The summed E-state index contributed by atoms with van der Waals surface area (Å²) in [6.07, 6.45) is -3.09. The molecule has 0 atom stereocenters. The molecule has 2 saturated heterocycles. The topological polar surface area (TPSA) is 52.7 Å². The Bertz CT molecular complexity index is 1160. The highest BCUT2D eigenvalue weighted by molar-refractivity contribution is 6.33. The molecule has 0 aliphatic carbocycles. The maximum Gasteiger partial charge on any atom is 0.418 e. The summed E-state index contributed by atoms with van der Waals surface area (Å²) in [6.45, 7) is 2.58. The van der Waals surface area contributed by atoms with Gasteiger partial charge >= 0.3 is 12.2 Å². The number of carbonyl (C=O) groups excluding carboxylic acids is 2. The predicted molar refractivity (Wildman–Crippen MR) is 120 cm³/mol. The van der Waals surface area contributed by atoms with Gasteiger partial charge in [-0.15, -0.1) is 0 Å². The van der Waals surface area contributed by atoms with E-state index >= 15 is 0 Å². The molecular formula is C24H23ClF5N3O2. The number of nitrogens with one attached hydrogen (secondary N) is 1. The standard InChI is InChI=1S/C24H23ClF5N3O2/c1-14-5-6-17(26)18(19(14)27)21(34)32-10-7-23(8-11-32)9-12-33(13-23)22(35)31-20-15(24(28,29)30)3-2-4-16(20)25/h2-6H,7-13H2,1H3,(H,31,35). The summed E-state index contributed by atoms with van der Waals surface area (Å²) in [6, 6.07) is 4.92. The second kappa shape index (κ2) is 9.29. The van der Waals surface area contributed by atoms with Crippen molar-refractivity contribution in [2.45, 2.75) is 32.4 Å². The molecule has 35 heavy (non-hydrogen) atoms. The number of anilines is 1. The van der Waals surface area contributed by atoms with Gasteiger partial charge in [0.05, 0.1) is 16.3 Å². The van der Waals surface area contributed by atoms with Crippen LogP contribution in [-0.4, -0.2) is 47.9 Å². The van der Waals surface area contributed by atoms with Crippen molar-refractivity contribution < 1.29 is 31.5 Å². The first-order valence-corrected chi connectivity index (χ1v) is 11.5. The molecule has 0 radical (unpaired) electrons. The highest BCUT2D eigenvalue weighted by Crippen LogP contribution is 2.42. The van der Waals surface area contributed by atoms with E-state index in [0.29, 0.717) is 32.4 Å². The molecule has 0 saturated carbocycles. The number of benzene rings is 2. The van der Waals surface area contributed by atoms with Crippen molar-refractivity contribution in [1.82, 2.24) is 9.80 Å². The molecule has 0 bridgehead atoms. The Morgan fingerprint density at radius 3 is 2.26 bits per heavy atom. The summed E-state index contributed by atoms with van der Waals surface area (Å²) in [5, 5.41) is 2.08. The number of amides is 3. The van der Waals surface area contributed by atoms with Crippen LogP contribution in [-0.2, 0) is 6.18 Å². The Balaban J connectivity index is 1.41. The molecule has 4 rings (SSSR count). The lowest BCUT2D eigenvalue weighted by atomic mass is 9.77. The molecule has 188 valence electrons. The molecule has 2 aliphatic heterocycles. The van der Waals surface area contributed by atoms with Crippen LogP contribution < -0.4 is 5.32 Å². The quantitative estimate of drug-likeness (QED) is 0.491. The van der Waals surface area contributed by atoms with Gasteiger partial charge in [-0.05, 0) is 55.4 Å². The Morgan fingerprint density at radius 2 is 1.63 bits per heavy atom. The summed E-state index contributed by atoms with van der Waals surface area (Å²) in [4.78, 5) is 28.4. The first kappa shape index (κ1) is 25.2. The zero-order chi connectivity index (χ0) is 25.5. The van der Waals surface area contributed by atoms with Crippen molar-refractivity contribution in [3.05, 3.63) is 63.7 Å². The smallest absolute Gasteiger partial charge is 0.338 e. The average Bonchev–Trinajstić information content (AvgIpc) is 3.21. The fourth-order valence-electron chi connectivity index (χ4n) is 4.78. The van der Waals surface area contributed by atoms with Crippen molar-refractivity contribution in [3.63, 3.8) is 0 Å². The number of nitrogens with zero attached hydrogens (tertiary/aromatic N) is 2. The Hall–Kier alpha value is -2.88. The largest absolute Gasteiger partial charge is 0.418 e. The maximum absolute atomic E-state index is 14.4. The third-order valence-electron chi connectivity index (χ3n) is 6.89. The van der Waals surface area contributed by atoms with Crippen LogP contribution in [0.15, 0.2) is 30.3 Å². The number of carbonyl (C=O) groups is 2. The van der Waals surface area contributed by atoms with Crippen molar-refractivity contribution in [2.24, 2.45) is 5.41 Å². The Morgan fingerprint density at radius 1 is 1.00 bits per heavy atom. The Labute approximate surface area is 203 Å². The van der Waals surface area contributed by atoms with Crippen molar-refractivity contribution in [1.29, 1.82) is 0 Å². The fraction of sp³-hybridized carbons (Fsp3) is 0.417. The highest BCUT2D eigenvalue weighted by atomic mass is 35.5. The first-order valence-electron chi connectivity index (χ1n) is 11.1. The van der Waals surface area contributed by atoms with Crippen LogP contribution in [0.3, 0.4) is 0 Å². The van der Waals surface area contributed by atoms with Crippen molar-refractivity contribution in [3.8, 4) is 0 Å². The summed E-state index contributed by atoms with van der Waals surface area (Å²) in [5.74, 6) is -2.51. The van der Waals surface area contributed by atoms with E-state index in [2.05, 4.69) is 5.32 Å². The van der Waals surface area contributed by atoms with Crippen LogP contribution in [0.5, 0.6) is 0 Å². The van der Waals surface area contributed by atoms with Crippen LogP contribution >= 0.6 is 11.6 Å². The molecule has 0 unspecified atom stereocenters. The molecule has 5 nitrogen and oxygen atoms in total. The second-order valence-corrected chi connectivity index (χ2v) is 9.51. The van der Waals surface area contributed by atoms with Gasteiger partial charge in [-0.25, -0.2) is 13.6 Å². The number of alkyl halides is 3. The van der Waals surface area contributed by atoms with Crippen LogP contribution in [0.25, 0.3) is 0 Å². The number of para-hydroxylation sites is 1. The second-order valence-electron chi connectivity index (χ2n) is 9.11. The third-order valence-corrected chi connectivity index (χ3v) is 7.20. The highest BCUT2D eigenvalue weighted by Gasteiger charge is 2.44. The van der Waals surface area contributed by atoms with E-state index in [1.165, 1.54) is 28.9 Å². The summed E-state index contributed by atoms with van der Waals surface area (Å²) in [5.41, 5.74) is -2.25. The molecular weight excluding hydrogens is 493 g/mol. The van der Waals surface area contributed by atoms with Gasteiger partial charge in [-0.1, -0.05) is 23.7 Å². The van der Waals surface area contributed by atoms with Gasteiger partial charge in [0.2, 0.25) is 0 Å². The van der Waals surface area contributed by atoms with Crippen molar-refractivity contribution in [2.75, 3.05) is 31.5 Å². The average molecular weight is 516 g/mol. The van der Waals surface area contributed by atoms with Crippen LogP contribution in [0, 0.1) is 24.0 Å². The van der Waals surface area contributed by atoms with E-state index in [9.17, 15) is 31.5 Å². The molecule has 0 aromatic heterocycles. The van der Waals surface area contributed by atoms with Gasteiger partial charge in [0.25, 0.3) is 5.91 Å². The number of piperidine rings is 1. The molecule has 2 fully saturated rings. The van der Waals surface area contributed by atoms with E-state index in [1.807, 2.05) is 0 Å². The van der Waals surface area contributed by atoms with E-state index < -0.39 is 46.6 Å². The zero-order valence-corrected chi connectivity index (χ0v) is 19.6. The molecule has 3 amide bonds. The fourth-order valence-corrected chi connectivity index (χ4v) is 5.01. The lowest BCUT2D eigenvalue weighted by molar-refractivity contribution is -0.136. The lowest BCUT2D eigenvalue weighted by Gasteiger charge is -2.39. The number of hydrogen-bond donors (Lipinski definition) is 1. The van der Waals surface area contributed by atoms with Gasteiger partial charge < -0.3 is 15.1 Å². The number of rotatable bonds is 2. The predicted octanol–water partition coefficient (Wildman–Crippen LogP) is 6.11. The third kappa shape index (κ3) is 4.94. The van der Waals surface area contributed by atoms with Crippen molar-refractivity contribution >= 4 is 29.2 Å². The molecule has 11 heteroatoms. The van der Waals surface area contributed by atoms with Gasteiger partial charge in [0.1, 0.15) is 17.2 Å². The molecule has 2 heterocycles. The van der Waals surface area contributed by atoms with E-state index in [4.69, 9.17) is 11.6 Å². The minimum Gasteiger partial charge on any atom is -0.338 e. The number of halogens is 6. The van der Waals surface area contributed by atoms with E-state index in [0.717, 1.165) is 18.2 Å². The van der Waals surface area contributed by atoms with E-state index in [-0.39, 0.29) is 29.1 Å². The van der Waals surface area contributed by atoms with Gasteiger partial charge in [0.15, 0.2) is 0 Å². The molecule has 2 aromatic carbocycles. The van der Waals surface area contributed by atoms with E-state index in [1.54, 1.807) is 0 Å². The van der Waals surface area contributed by atoms with Crippen LogP contribution in [0.2, 0.25) is 5.02 Å². The van der Waals surface area contributed by atoms with Gasteiger partial charge in [-0.3, -0.25) is 4.79 Å². The zero-order valence-electron chi connectivity index (χ0n) is 18.8. The first-order chi connectivity index (χ1) is 16.4. The minimum absolute atomic E-state index is 0.174. The Kier molecular flexibility index (Phi) is 6.70. The van der Waals surface area contributed by atoms with Gasteiger partial charge in [0, 0.05) is 26.2 Å². The summed E-state index contributed by atoms with van der Waals surface area (Å²) < 4.78 is 68.6. The normalized spacial score (nSPS) is 17.7. The SMILES string of the molecule is Cc1ccc(F)c(C(=O)N2CCC3(CCN(C(=O)Nc4c(Cl)cccc4C(F)(F)F)C3)CC2)c1F. The minimum atomic E-state index is -4.69. The molecule has 2 aliphatic rings.